The Balaban J connectivity index is 1.80. The number of hydrogen-bond donors (Lipinski definition) is 0. The molecule has 0 bridgehead atoms. The summed E-state index contributed by atoms with van der Waals surface area (Å²) in [5.74, 6) is 1.34. The van der Waals surface area contributed by atoms with Crippen molar-refractivity contribution in [3.63, 3.8) is 0 Å². The lowest BCUT2D eigenvalue weighted by atomic mass is 9.67. The van der Waals surface area contributed by atoms with Gasteiger partial charge in [-0.15, -0.1) is 0 Å². The summed E-state index contributed by atoms with van der Waals surface area (Å²) in [6, 6.07) is 7.53. The van der Waals surface area contributed by atoms with Gasteiger partial charge in [0.2, 0.25) is 0 Å². The van der Waals surface area contributed by atoms with Crippen LogP contribution in [0.2, 0.25) is 5.02 Å². The summed E-state index contributed by atoms with van der Waals surface area (Å²) in [5, 5.41) is 0.678. The molecular formula is C25H27ClO3. The minimum atomic E-state index is -0.336. The topological polar surface area (TPSA) is 43.4 Å². The lowest BCUT2D eigenvalue weighted by Crippen LogP contribution is -2.37. The molecular weight excluding hydrogens is 384 g/mol. The summed E-state index contributed by atoms with van der Waals surface area (Å²) >= 11 is 5.99. The maximum atomic E-state index is 13.1. The van der Waals surface area contributed by atoms with E-state index in [0.717, 1.165) is 17.1 Å². The molecule has 0 N–H and O–H groups in total. The Hall–Kier alpha value is -2.13. The van der Waals surface area contributed by atoms with Crippen molar-refractivity contribution < 1.29 is 14.3 Å². The first-order valence-electron chi connectivity index (χ1n) is 10.2. The van der Waals surface area contributed by atoms with Gasteiger partial charge in [-0.3, -0.25) is 9.59 Å². The Kier molecular flexibility index (Phi) is 4.85. The van der Waals surface area contributed by atoms with Crippen LogP contribution in [0.3, 0.4) is 0 Å². The maximum Gasteiger partial charge on any atom is 0.163 e. The molecule has 0 amide bonds. The number of hydrogen-bond acceptors (Lipinski definition) is 3. The van der Waals surface area contributed by atoms with Crippen LogP contribution in [-0.4, -0.2) is 11.6 Å². The van der Waals surface area contributed by atoms with E-state index in [0.29, 0.717) is 41.9 Å². The highest BCUT2D eigenvalue weighted by Gasteiger charge is 2.46. The van der Waals surface area contributed by atoms with E-state index in [1.165, 1.54) is 0 Å². The van der Waals surface area contributed by atoms with E-state index >= 15 is 0 Å². The number of ether oxygens (including phenoxy) is 1. The zero-order valence-electron chi connectivity index (χ0n) is 17.5. The minimum Gasteiger partial charge on any atom is -0.465 e. The first-order chi connectivity index (χ1) is 13.5. The number of carbonyl (C=O) groups is 2. The van der Waals surface area contributed by atoms with Gasteiger partial charge < -0.3 is 4.74 Å². The predicted molar refractivity (Wildman–Crippen MR) is 115 cm³/mol. The summed E-state index contributed by atoms with van der Waals surface area (Å²) in [7, 11) is 0. The van der Waals surface area contributed by atoms with Gasteiger partial charge in [0.15, 0.2) is 11.6 Å². The Morgan fingerprint density at radius 3 is 1.83 bits per heavy atom. The second kappa shape index (κ2) is 6.98. The molecule has 2 aliphatic carbocycles. The number of allylic oxidation sites excluding steroid dienone is 5. The Bertz CT molecular complexity index is 922. The summed E-state index contributed by atoms with van der Waals surface area (Å²) < 4.78 is 6.27. The van der Waals surface area contributed by atoms with Crippen LogP contribution in [0, 0.1) is 16.7 Å². The van der Waals surface area contributed by atoms with Gasteiger partial charge in [-0.2, -0.15) is 0 Å². The minimum absolute atomic E-state index is 0.0891. The van der Waals surface area contributed by atoms with E-state index in [1.54, 1.807) is 0 Å². The van der Waals surface area contributed by atoms with Gasteiger partial charge in [0, 0.05) is 47.8 Å². The molecule has 0 aromatic heterocycles. The van der Waals surface area contributed by atoms with Crippen LogP contribution in [0.4, 0.5) is 0 Å². The van der Waals surface area contributed by atoms with E-state index in [2.05, 4.69) is 27.7 Å². The molecule has 1 heterocycles. The van der Waals surface area contributed by atoms with E-state index in [1.807, 2.05) is 36.4 Å². The van der Waals surface area contributed by atoms with E-state index in [4.69, 9.17) is 16.3 Å². The Morgan fingerprint density at radius 1 is 0.862 bits per heavy atom. The molecule has 0 saturated carbocycles. The zero-order chi connectivity index (χ0) is 21.0. The number of rotatable bonds is 2. The molecule has 0 atom stereocenters. The highest BCUT2D eigenvalue weighted by Crippen LogP contribution is 2.50. The third-order valence-electron chi connectivity index (χ3n) is 5.98. The molecule has 1 aliphatic heterocycles. The number of halogens is 1. The van der Waals surface area contributed by atoms with Crippen LogP contribution in [0.15, 0.2) is 53.0 Å². The molecule has 3 aliphatic rings. The normalized spacial score (nSPS) is 23.9. The molecule has 0 fully saturated rings. The first kappa shape index (κ1) is 20.2. The molecule has 0 unspecified atom stereocenters. The SMILES string of the molecule is CC1(C)CC(=O)C2=C(C1)OC1=C(C(=O)CC(C)(C)C1)C2/C=C/c1ccc(Cl)cc1. The standard InChI is InChI=1S/C25H27ClO3/c1-24(2)11-18(27)22-17(10-7-15-5-8-16(26)9-6-15)23-19(28)12-25(3,4)14-21(23)29-20(22)13-24/h5-10,17H,11-14H2,1-4H3/b10-7+. The van der Waals surface area contributed by atoms with E-state index in [-0.39, 0.29) is 28.3 Å². The molecule has 4 rings (SSSR count). The van der Waals surface area contributed by atoms with E-state index in [9.17, 15) is 9.59 Å². The zero-order valence-corrected chi connectivity index (χ0v) is 18.2. The average Bonchev–Trinajstić information content (AvgIpc) is 2.57. The lowest BCUT2D eigenvalue weighted by molar-refractivity contribution is -0.120. The fourth-order valence-corrected chi connectivity index (χ4v) is 4.82. The lowest BCUT2D eigenvalue weighted by Gasteiger charge is -2.42. The second-order valence-corrected chi connectivity index (χ2v) is 10.5. The van der Waals surface area contributed by atoms with Gasteiger partial charge in [0.25, 0.3) is 0 Å². The Labute approximate surface area is 177 Å². The number of ketones is 2. The van der Waals surface area contributed by atoms with Crippen molar-refractivity contribution in [2.24, 2.45) is 16.7 Å². The third-order valence-corrected chi connectivity index (χ3v) is 6.23. The fraction of sp³-hybridized carbons (Fsp3) is 0.440. The van der Waals surface area contributed by atoms with Gasteiger partial charge in [-0.25, -0.2) is 0 Å². The van der Waals surface area contributed by atoms with Crippen LogP contribution in [0.5, 0.6) is 0 Å². The maximum absolute atomic E-state index is 13.1. The van der Waals surface area contributed by atoms with Crippen molar-refractivity contribution in [2.45, 2.75) is 53.4 Å². The monoisotopic (exact) mass is 410 g/mol. The Morgan fingerprint density at radius 2 is 1.34 bits per heavy atom. The predicted octanol–water partition coefficient (Wildman–Crippen LogP) is 6.29. The largest absolute Gasteiger partial charge is 0.465 e. The first-order valence-corrected chi connectivity index (χ1v) is 10.6. The highest BCUT2D eigenvalue weighted by molar-refractivity contribution is 6.30. The van der Waals surface area contributed by atoms with Crippen molar-refractivity contribution in [3.05, 3.63) is 63.6 Å². The van der Waals surface area contributed by atoms with Crippen molar-refractivity contribution in [1.29, 1.82) is 0 Å². The van der Waals surface area contributed by atoms with Crippen molar-refractivity contribution in [1.82, 2.24) is 0 Å². The molecule has 152 valence electrons. The van der Waals surface area contributed by atoms with Gasteiger partial charge in [0.05, 0.1) is 0 Å². The van der Waals surface area contributed by atoms with Crippen molar-refractivity contribution in [2.75, 3.05) is 0 Å². The van der Waals surface area contributed by atoms with Gasteiger partial charge in [-0.05, 0) is 28.5 Å². The molecule has 0 radical (unpaired) electrons. The molecule has 1 aromatic rings. The molecule has 1 aromatic carbocycles. The van der Waals surface area contributed by atoms with Crippen LogP contribution in [0.1, 0.15) is 58.9 Å². The van der Waals surface area contributed by atoms with Crippen LogP contribution >= 0.6 is 11.6 Å². The molecule has 4 heteroatoms. The molecule has 0 saturated heterocycles. The fourth-order valence-electron chi connectivity index (χ4n) is 4.70. The number of benzene rings is 1. The average molecular weight is 411 g/mol. The second-order valence-electron chi connectivity index (χ2n) is 10.0. The van der Waals surface area contributed by atoms with Gasteiger partial charge in [-0.1, -0.05) is 63.6 Å². The van der Waals surface area contributed by atoms with Crippen molar-refractivity contribution >= 4 is 29.2 Å². The number of Topliss-reactive ketones (excluding diaryl/α,β-unsaturated/α-hetero) is 2. The molecule has 29 heavy (non-hydrogen) atoms. The summed E-state index contributed by atoms with van der Waals surface area (Å²) in [6.45, 7) is 8.37. The summed E-state index contributed by atoms with van der Waals surface area (Å²) in [4.78, 5) is 26.2. The van der Waals surface area contributed by atoms with Crippen LogP contribution in [0.25, 0.3) is 6.08 Å². The van der Waals surface area contributed by atoms with Crippen molar-refractivity contribution in [3.8, 4) is 0 Å². The highest BCUT2D eigenvalue weighted by atomic mass is 35.5. The summed E-state index contributed by atoms with van der Waals surface area (Å²) in [6.07, 6.45) is 6.34. The smallest absolute Gasteiger partial charge is 0.163 e. The van der Waals surface area contributed by atoms with Gasteiger partial charge >= 0.3 is 0 Å². The van der Waals surface area contributed by atoms with Crippen LogP contribution < -0.4 is 0 Å². The molecule has 3 nitrogen and oxygen atoms in total. The van der Waals surface area contributed by atoms with Gasteiger partial charge in [0.1, 0.15) is 11.5 Å². The molecule has 0 spiro atoms. The quantitative estimate of drug-likeness (QED) is 0.575. The van der Waals surface area contributed by atoms with E-state index < -0.39 is 0 Å². The summed E-state index contributed by atoms with van der Waals surface area (Å²) in [5.41, 5.74) is 2.05. The van der Waals surface area contributed by atoms with Crippen LogP contribution in [-0.2, 0) is 14.3 Å². The third kappa shape index (κ3) is 3.98. The number of carbonyl (C=O) groups excluding carboxylic acids is 2.